The zero-order chi connectivity index (χ0) is 29.3. The highest BCUT2D eigenvalue weighted by molar-refractivity contribution is 5.28. The van der Waals surface area contributed by atoms with Crippen LogP contribution in [0.2, 0.25) is 0 Å². The molecule has 0 aromatic heterocycles. The van der Waals surface area contributed by atoms with Gasteiger partial charge in [-0.3, -0.25) is 4.84 Å². The Morgan fingerprint density at radius 2 is 1.63 bits per heavy atom. The number of benzene rings is 1. The van der Waals surface area contributed by atoms with E-state index in [-0.39, 0.29) is 34.6 Å². The van der Waals surface area contributed by atoms with E-state index in [1.807, 2.05) is 12.1 Å². The molecule has 0 amide bonds. The lowest BCUT2D eigenvalue weighted by molar-refractivity contribution is -0.417. The van der Waals surface area contributed by atoms with Crippen molar-refractivity contribution in [3.8, 4) is 5.75 Å². The molecule has 41 heavy (non-hydrogen) atoms. The van der Waals surface area contributed by atoms with Crippen LogP contribution in [0.3, 0.4) is 0 Å². The summed E-state index contributed by atoms with van der Waals surface area (Å²) >= 11 is 0. The van der Waals surface area contributed by atoms with E-state index in [1.165, 1.54) is 32.1 Å². The van der Waals surface area contributed by atoms with Gasteiger partial charge in [-0.2, -0.15) is 5.06 Å². The predicted molar refractivity (Wildman–Crippen MR) is 160 cm³/mol. The molecule has 0 N–H and O–H groups in total. The first-order valence-corrected chi connectivity index (χ1v) is 16.3. The van der Waals surface area contributed by atoms with Crippen LogP contribution < -0.4 is 4.74 Å². The molecule has 232 valence electrons. The minimum Gasteiger partial charge on any atom is -0.491 e. The molecule has 3 heterocycles. The summed E-state index contributed by atoms with van der Waals surface area (Å²) in [5, 5.41) is 2.31. The normalized spacial score (nSPS) is 39.1. The molecule has 1 aromatic rings. The van der Waals surface area contributed by atoms with Crippen LogP contribution in [0.1, 0.15) is 112 Å². The van der Waals surface area contributed by atoms with Gasteiger partial charge in [-0.1, -0.05) is 59.1 Å². The summed E-state index contributed by atoms with van der Waals surface area (Å²) in [4.78, 5) is 6.93. The summed E-state index contributed by atoms with van der Waals surface area (Å²) < 4.78 is 31.2. The number of ether oxygens (including phenoxy) is 5. The van der Waals surface area contributed by atoms with Crippen LogP contribution in [0.25, 0.3) is 0 Å². The number of hydrogen-bond acceptors (Lipinski definition) is 7. The predicted octanol–water partition coefficient (Wildman–Crippen LogP) is 7.23. The van der Waals surface area contributed by atoms with Crippen molar-refractivity contribution in [3.63, 3.8) is 0 Å². The van der Waals surface area contributed by atoms with E-state index in [1.54, 1.807) is 0 Å². The van der Waals surface area contributed by atoms with Crippen molar-refractivity contribution in [1.29, 1.82) is 0 Å². The van der Waals surface area contributed by atoms with E-state index in [4.69, 9.17) is 28.5 Å². The minimum atomic E-state index is -0.646. The van der Waals surface area contributed by atoms with Gasteiger partial charge in [0, 0.05) is 23.3 Å². The van der Waals surface area contributed by atoms with Crippen LogP contribution in [0.5, 0.6) is 5.75 Å². The van der Waals surface area contributed by atoms with Crippen LogP contribution >= 0.6 is 0 Å². The van der Waals surface area contributed by atoms with Gasteiger partial charge >= 0.3 is 0 Å². The second kappa shape index (κ2) is 12.4. The van der Waals surface area contributed by atoms with Gasteiger partial charge in [-0.05, 0) is 64.2 Å². The topological polar surface area (TPSA) is 61.9 Å². The van der Waals surface area contributed by atoms with Crippen LogP contribution in [0, 0.1) is 11.3 Å². The Hall–Kier alpha value is -1.22. The van der Waals surface area contributed by atoms with Gasteiger partial charge in [0.15, 0.2) is 5.79 Å². The third-order valence-corrected chi connectivity index (χ3v) is 10.7. The second-order valence-electron chi connectivity index (χ2n) is 14.1. The van der Waals surface area contributed by atoms with Crippen LogP contribution in [0.4, 0.5) is 0 Å². The summed E-state index contributed by atoms with van der Waals surface area (Å²) in [6.07, 6.45) is 9.42. The third-order valence-electron chi connectivity index (χ3n) is 10.7. The highest BCUT2D eigenvalue weighted by atomic mass is 16.7. The zero-order valence-electron chi connectivity index (χ0n) is 26.7. The first-order valence-electron chi connectivity index (χ1n) is 16.3. The van der Waals surface area contributed by atoms with Crippen molar-refractivity contribution in [2.24, 2.45) is 11.3 Å². The van der Waals surface area contributed by atoms with Crippen LogP contribution in [0.15, 0.2) is 24.3 Å². The summed E-state index contributed by atoms with van der Waals surface area (Å²) in [6, 6.07) is 8.28. The number of rotatable bonds is 11. The first kappa shape index (κ1) is 31.2. The van der Waals surface area contributed by atoms with Gasteiger partial charge in [0.05, 0.1) is 38.1 Å². The summed E-state index contributed by atoms with van der Waals surface area (Å²) in [5.74, 6) is 0.327. The Bertz CT molecular complexity index is 983. The van der Waals surface area contributed by atoms with Gasteiger partial charge in [0.2, 0.25) is 0 Å². The molecular formula is C34H55NO6. The molecular weight excluding hydrogens is 518 g/mol. The van der Waals surface area contributed by atoms with E-state index in [0.29, 0.717) is 32.5 Å². The molecule has 1 spiro atoms. The zero-order valence-corrected chi connectivity index (χ0v) is 26.7. The fourth-order valence-electron chi connectivity index (χ4n) is 7.06. The monoisotopic (exact) mass is 573 g/mol. The van der Waals surface area contributed by atoms with Crippen molar-refractivity contribution in [2.75, 3.05) is 33.0 Å². The molecule has 7 heteroatoms. The fourth-order valence-corrected chi connectivity index (χ4v) is 7.06. The van der Waals surface area contributed by atoms with E-state index < -0.39 is 5.79 Å². The Morgan fingerprint density at radius 1 is 0.976 bits per heavy atom. The number of epoxide rings is 1. The number of hydrogen-bond donors (Lipinski definition) is 0. The van der Waals surface area contributed by atoms with Crippen molar-refractivity contribution in [2.45, 2.75) is 135 Å². The minimum absolute atomic E-state index is 0.107. The van der Waals surface area contributed by atoms with Gasteiger partial charge < -0.3 is 23.7 Å². The average molecular weight is 574 g/mol. The lowest BCUT2D eigenvalue weighted by Gasteiger charge is -2.64. The molecule has 4 fully saturated rings. The summed E-state index contributed by atoms with van der Waals surface area (Å²) in [5.41, 5.74) is 0.461. The van der Waals surface area contributed by atoms with Crippen LogP contribution in [-0.4, -0.2) is 67.2 Å². The van der Waals surface area contributed by atoms with E-state index in [2.05, 4.69) is 65.7 Å². The van der Waals surface area contributed by atoms with Crippen LogP contribution in [-0.2, 0) is 23.8 Å². The molecule has 4 aliphatic rings. The SMILES string of the molecule is CCC1(C)CC2(OCC(C)(COC3CCCCC3)CO2)C(C)C(C)(CC)N1OC(C)c1ccc(OCC2CO2)cc1. The number of nitrogens with zero attached hydrogens (tertiary/aromatic N) is 1. The molecule has 5 rings (SSSR count). The molecule has 5 unspecified atom stereocenters. The third kappa shape index (κ3) is 6.66. The smallest absolute Gasteiger partial charge is 0.174 e. The summed E-state index contributed by atoms with van der Waals surface area (Å²) in [7, 11) is 0. The molecule has 1 aliphatic carbocycles. The molecule has 0 radical (unpaired) electrons. The van der Waals surface area contributed by atoms with E-state index in [0.717, 1.165) is 37.2 Å². The lowest BCUT2D eigenvalue weighted by Crippen LogP contribution is -2.74. The van der Waals surface area contributed by atoms with Gasteiger partial charge in [0.25, 0.3) is 0 Å². The Balaban J connectivity index is 1.27. The van der Waals surface area contributed by atoms with E-state index in [9.17, 15) is 0 Å². The standard InChI is InChI=1S/C34H55NO6/c1-8-32(6)21-34(39-23-31(5,24-40-34)22-38-28-13-11-10-12-14-28)26(4)33(7,9-2)35(32)41-25(3)27-15-17-29(18-16-27)36-19-30-20-37-30/h15-18,25-26,28,30H,8-14,19-24H2,1-7H3. The Kier molecular flexibility index (Phi) is 9.45. The van der Waals surface area contributed by atoms with Crippen molar-refractivity contribution in [1.82, 2.24) is 5.06 Å². The largest absolute Gasteiger partial charge is 0.491 e. The fraction of sp³-hybridized carbons (Fsp3) is 0.824. The van der Waals surface area contributed by atoms with E-state index >= 15 is 0 Å². The van der Waals surface area contributed by atoms with Crippen molar-refractivity contribution in [3.05, 3.63) is 29.8 Å². The molecule has 7 nitrogen and oxygen atoms in total. The maximum Gasteiger partial charge on any atom is 0.174 e. The molecule has 0 bridgehead atoms. The summed E-state index contributed by atoms with van der Waals surface area (Å²) in [6.45, 7) is 19.2. The lowest BCUT2D eigenvalue weighted by atomic mass is 9.67. The number of hydroxylamine groups is 2. The van der Waals surface area contributed by atoms with Crippen molar-refractivity contribution >= 4 is 0 Å². The average Bonchev–Trinajstić information content (AvgIpc) is 3.83. The second-order valence-corrected chi connectivity index (χ2v) is 14.1. The van der Waals surface area contributed by atoms with Gasteiger partial charge in [-0.15, -0.1) is 0 Å². The molecule has 3 aliphatic heterocycles. The number of piperidine rings is 1. The van der Waals surface area contributed by atoms with Gasteiger partial charge in [-0.25, -0.2) is 0 Å². The first-order chi connectivity index (χ1) is 19.5. The maximum atomic E-state index is 6.93. The molecule has 1 aromatic carbocycles. The molecule has 3 saturated heterocycles. The quantitative estimate of drug-likeness (QED) is 0.259. The highest BCUT2D eigenvalue weighted by Crippen LogP contribution is 2.55. The Labute approximate surface area is 248 Å². The van der Waals surface area contributed by atoms with Gasteiger partial charge in [0.1, 0.15) is 24.6 Å². The Morgan fingerprint density at radius 3 is 2.22 bits per heavy atom. The molecule has 5 atom stereocenters. The molecule has 1 saturated carbocycles. The highest BCUT2D eigenvalue weighted by Gasteiger charge is 2.63. The van der Waals surface area contributed by atoms with Crippen molar-refractivity contribution < 1.29 is 28.5 Å². The maximum absolute atomic E-state index is 6.93.